The van der Waals surface area contributed by atoms with Gasteiger partial charge in [0, 0.05) is 20.3 Å². The zero-order chi connectivity index (χ0) is 14.6. The number of nitrogens with zero attached hydrogens (tertiary/aromatic N) is 1. The maximum absolute atomic E-state index is 11.7. The first-order valence-corrected chi connectivity index (χ1v) is 6.38. The Kier molecular flexibility index (Phi) is 7.48. The molecular formula is C16H18N2O2. The Morgan fingerprint density at radius 3 is 2.80 bits per heavy atom. The third-order valence-electron chi connectivity index (χ3n) is 2.53. The van der Waals surface area contributed by atoms with E-state index in [2.05, 4.69) is 5.32 Å². The molecule has 0 aliphatic carbocycles. The van der Waals surface area contributed by atoms with Crippen LogP contribution in [-0.2, 0) is 9.53 Å². The lowest BCUT2D eigenvalue weighted by molar-refractivity contribution is -0.117. The normalized spacial score (nSPS) is 11.3. The Morgan fingerprint density at radius 1 is 1.40 bits per heavy atom. The summed E-state index contributed by atoms with van der Waals surface area (Å²) in [5, 5.41) is 11.6. The van der Waals surface area contributed by atoms with E-state index in [0.717, 1.165) is 12.0 Å². The fourth-order valence-electron chi connectivity index (χ4n) is 1.50. The first kappa shape index (κ1) is 15.7. The number of methoxy groups -OCH3 is 1. The molecule has 0 atom stereocenters. The van der Waals surface area contributed by atoms with Gasteiger partial charge in [-0.3, -0.25) is 4.79 Å². The molecule has 1 rings (SSSR count). The standard InChI is InChI=1S/C16H18N2O2/c1-20-12-6-11-18-16(19)15(13-17)10-5-9-14-7-3-2-4-8-14/h2-5,7-10H,6,11-12H2,1H3,(H,18,19). The number of allylic oxidation sites excluding steroid dienone is 2. The number of hydrogen-bond donors (Lipinski definition) is 1. The molecule has 0 radical (unpaired) electrons. The van der Waals surface area contributed by atoms with Gasteiger partial charge >= 0.3 is 0 Å². The lowest BCUT2D eigenvalue weighted by Gasteiger charge is -2.02. The third-order valence-corrected chi connectivity index (χ3v) is 2.53. The number of carbonyl (C=O) groups is 1. The molecular weight excluding hydrogens is 252 g/mol. The van der Waals surface area contributed by atoms with Gasteiger partial charge in [-0.2, -0.15) is 5.26 Å². The summed E-state index contributed by atoms with van der Waals surface area (Å²) in [5.41, 5.74) is 1.11. The fraction of sp³-hybridized carbons (Fsp3) is 0.250. The zero-order valence-corrected chi connectivity index (χ0v) is 11.5. The Morgan fingerprint density at radius 2 is 2.15 bits per heavy atom. The summed E-state index contributed by atoms with van der Waals surface area (Å²) in [7, 11) is 1.61. The van der Waals surface area contributed by atoms with Crippen molar-refractivity contribution >= 4 is 12.0 Å². The van der Waals surface area contributed by atoms with Gasteiger partial charge in [-0.25, -0.2) is 0 Å². The highest BCUT2D eigenvalue weighted by Crippen LogP contribution is 2.02. The van der Waals surface area contributed by atoms with Crippen molar-refractivity contribution in [2.45, 2.75) is 6.42 Å². The van der Waals surface area contributed by atoms with Gasteiger partial charge in [-0.05, 0) is 18.1 Å². The number of benzene rings is 1. The van der Waals surface area contributed by atoms with Crippen molar-refractivity contribution in [2.24, 2.45) is 0 Å². The van der Waals surface area contributed by atoms with Crippen LogP contribution in [0.1, 0.15) is 12.0 Å². The van der Waals surface area contributed by atoms with E-state index in [4.69, 9.17) is 10.00 Å². The van der Waals surface area contributed by atoms with Gasteiger partial charge in [0.05, 0.1) is 0 Å². The smallest absolute Gasteiger partial charge is 0.261 e. The number of carbonyl (C=O) groups excluding carboxylic acids is 1. The van der Waals surface area contributed by atoms with Crippen LogP contribution in [0.2, 0.25) is 0 Å². The molecule has 0 bridgehead atoms. The predicted molar refractivity (Wildman–Crippen MR) is 78.7 cm³/mol. The summed E-state index contributed by atoms with van der Waals surface area (Å²) < 4.78 is 4.88. The summed E-state index contributed by atoms with van der Waals surface area (Å²) in [6.45, 7) is 1.08. The maximum Gasteiger partial charge on any atom is 0.261 e. The zero-order valence-electron chi connectivity index (χ0n) is 11.5. The van der Waals surface area contributed by atoms with Gasteiger partial charge in [-0.15, -0.1) is 0 Å². The number of nitrogens with one attached hydrogen (secondary N) is 1. The minimum Gasteiger partial charge on any atom is -0.385 e. The molecule has 0 fully saturated rings. The average molecular weight is 270 g/mol. The molecule has 0 aromatic heterocycles. The van der Waals surface area contributed by atoms with Crippen LogP contribution < -0.4 is 5.32 Å². The molecule has 0 spiro atoms. The minimum atomic E-state index is -0.360. The van der Waals surface area contributed by atoms with Gasteiger partial charge in [0.15, 0.2) is 0 Å². The lowest BCUT2D eigenvalue weighted by atomic mass is 10.2. The molecule has 0 saturated carbocycles. The second-order valence-corrected chi connectivity index (χ2v) is 4.06. The highest BCUT2D eigenvalue weighted by molar-refractivity contribution is 5.97. The summed E-state index contributed by atoms with van der Waals surface area (Å²) in [6, 6.07) is 11.6. The largest absolute Gasteiger partial charge is 0.385 e. The molecule has 0 saturated heterocycles. The van der Waals surface area contributed by atoms with Crippen LogP contribution in [0.15, 0.2) is 48.1 Å². The molecule has 4 heteroatoms. The first-order valence-electron chi connectivity index (χ1n) is 6.38. The Labute approximate surface area is 119 Å². The summed E-state index contributed by atoms with van der Waals surface area (Å²) in [5.74, 6) is -0.360. The van der Waals surface area contributed by atoms with Crippen LogP contribution >= 0.6 is 0 Å². The minimum absolute atomic E-state index is 0.0922. The van der Waals surface area contributed by atoms with Gasteiger partial charge in [0.1, 0.15) is 11.6 Å². The molecule has 0 aliphatic rings. The summed E-state index contributed by atoms with van der Waals surface area (Å²) in [6.07, 6.45) is 5.78. The molecule has 0 unspecified atom stereocenters. The van der Waals surface area contributed by atoms with Crippen molar-refractivity contribution in [1.29, 1.82) is 5.26 Å². The van der Waals surface area contributed by atoms with E-state index >= 15 is 0 Å². The van der Waals surface area contributed by atoms with Gasteiger partial charge in [-0.1, -0.05) is 42.5 Å². The van der Waals surface area contributed by atoms with Crippen molar-refractivity contribution in [3.05, 3.63) is 53.6 Å². The number of amides is 1. The number of rotatable bonds is 7. The summed E-state index contributed by atoms with van der Waals surface area (Å²) >= 11 is 0. The van der Waals surface area contributed by atoms with Crippen LogP contribution in [0.3, 0.4) is 0 Å². The van der Waals surface area contributed by atoms with Gasteiger partial charge in [0.2, 0.25) is 0 Å². The Hall–Kier alpha value is -2.38. The third kappa shape index (κ3) is 5.98. The first-order chi connectivity index (χ1) is 9.77. The maximum atomic E-state index is 11.7. The van der Waals surface area contributed by atoms with Crippen LogP contribution in [0.25, 0.3) is 6.08 Å². The van der Waals surface area contributed by atoms with E-state index in [0.29, 0.717) is 13.2 Å². The van der Waals surface area contributed by atoms with Crippen LogP contribution in [0.5, 0.6) is 0 Å². The summed E-state index contributed by atoms with van der Waals surface area (Å²) in [4.78, 5) is 11.7. The number of nitriles is 1. The quantitative estimate of drug-likeness (QED) is 0.358. The van der Waals surface area contributed by atoms with Crippen LogP contribution in [0.4, 0.5) is 0 Å². The van der Waals surface area contributed by atoms with Crippen molar-refractivity contribution in [2.75, 3.05) is 20.3 Å². The molecule has 1 aromatic rings. The molecule has 1 amide bonds. The van der Waals surface area contributed by atoms with E-state index in [9.17, 15) is 4.79 Å². The molecule has 1 aromatic carbocycles. The van der Waals surface area contributed by atoms with E-state index in [-0.39, 0.29) is 11.5 Å². The molecule has 104 valence electrons. The SMILES string of the molecule is COCCCNC(=O)C(C#N)=CC=Cc1ccccc1. The van der Waals surface area contributed by atoms with Crippen molar-refractivity contribution in [3.8, 4) is 6.07 Å². The highest BCUT2D eigenvalue weighted by atomic mass is 16.5. The molecule has 0 heterocycles. The molecule has 0 aliphatic heterocycles. The Bertz CT molecular complexity index is 513. The second kappa shape index (κ2) is 9.54. The molecule has 1 N–H and O–H groups in total. The van der Waals surface area contributed by atoms with Crippen molar-refractivity contribution < 1.29 is 9.53 Å². The van der Waals surface area contributed by atoms with Crippen LogP contribution in [0, 0.1) is 11.3 Å². The number of hydrogen-bond acceptors (Lipinski definition) is 3. The van der Waals surface area contributed by atoms with Crippen molar-refractivity contribution in [3.63, 3.8) is 0 Å². The number of ether oxygens (including phenoxy) is 1. The highest BCUT2D eigenvalue weighted by Gasteiger charge is 2.06. The van der Waals surface area contributed by atoms with E-state index < -0.39 is 0 Å². The lowest BCUT2D eigenvalue weighted by Crippen LogP contribution is -2.26. The van der Waals surface area contributed by atoms with Crippen LogP contribution in [-0.4, -0.2) is 26.2 Å². The van der Waals surface area contributed by atoms with Crippen molar-refractivity contribution in [1.82, 2.24) is 5.32 Å². The topological polar surface area (TPSA) is 62.1 Å². The second-order valence-electron chi connectivity index (χ2n) is 4.06. The predicted octanol–water partition coefficient (Wildman–Crippen LogP) is 2.30. The van der Waals surface area contributed by atoms with Gasteiger partial charge < -0.3 is 10.1 Å². The fourth-order valence-corrected chi connectivity index (χ4v) is 1.50. The molecule has 4 nitrogen and oxygen atoms in total. The van der Waals surface area contributed by atoms with E-state index in [1.807, 2.05) is 42.5 Å². The molecule has 20 heavy (non-hydrogen) atoms. The Balaban J connectivity index is 2.53. The van der Waals surface area contributed by atoms with E-state index in [1.54, 1.807) is 13.2 Å². The average Bonchev–Trinajstić information content (AvgIpc) is 2.49. The van der Waals surface area contributed by atoms with Gasteiger partial charge in [0.25, 0.3) is 5.91 Å². The van der Waals surface area contributed by atoms with E-state index in [1.165, 1.54) is 6.08 Å². The monoisotopic (exact) mass is 270 g/mol.